The molecule has 0 aliphatic heterocycles. The highest BCUT2D eigenvalue weighted by molar-refractivity contribution is 5.57. The molecule has 1 aromatic rings. The van der Waals surface area contributed by atoms with Crippen LogP contribution in [-0.2, 0) is 21.2 Å². The standard InChI is InChI=1S/C8H7NO6/c10-8(14-9(11)12)15-13-6-7-4-2-1-3-5-7/h1-5H,6H2. The highest BCUT2D eigenvalue weighted by Gasteiger charge is 2.09. The van der Waals surface area contributed by atoms with Crippen LogP contribution in [0, 0.1) is 10.1 Å². The maximum absolute atomic E-state index is 10.4. The van der Waals surface area contributed by atoms with E-state index < -0.39 is 11.2 Å². The molecule has 0 unspecified atom stereocenters. The van der Waals surface area contributed by atoms with E-state index in [1.807, 2.05) is 6.07 Å². The van der Waals surface area contributed by atoms with Crippen LogP contribution in [0.15, 0.2) is 30.3 Å². The van der Waals surface area contributed by atoms with Crippen molar-refractivity contribution in [3.63, 3.8) is 0 Å². The minimum Gasteiger partial charge on any atom is -0.271 e. The first-order chi connectivity index (χ1) is 7.18. The lowest BCUT2D eigenvalue weighted by molar-refractivity contribution is -0.733. The summed E-state index contributed by atoms with van der Waals surface area (Å²) in [7, 11) is 0. The van der Waals surface area contributed by atoms with Crippen LogP contribution in [0.25, 0.3) is 0 Å². The van der Waals surface area contributed by atoms with Crippen molar-refractivity contribution in [3.8, 4) is 0 Å². The molecule has 0 aliphatic carbocycles. The van der Waals surface area contributed by atoms with E-state index in [2.05, 4.69) is 14.6 Å². The minimum absolute atomic E-state index is 0.00630. The molecule has 0 amide bonds. The normalized spacial score (nSPS) is 9.33. The van der Waals surface area contributed by atoms with Crippen molar-refractivity contribution in [2.45, 2.75) is 6.61 Å². The van der Waals surface area contributed by atoms with Crippen molar-refractivity contribution in [2.24, 2.45) is 0 Å². The summed E-state index contributed by atoms with van der Waals surface area (Å²) in [4.78, 5) is 31.9. The monoisotopic (exact) mass is 213 g/mol. The molecule has 0 saturated heterocycles. The molecule has 80 valence electrons. The summed E-state index contributed by atoms with van der Waals surface area (Å²) in [6.07, 6.45) is -1.52. The molecule has 7 nitrogen and oxygen atoms in total. The first kappa shape index (κ1) is 10.9. The molecule has 0 N–H and O–H groups in total. The largest absolute Gasteiger partial charge is 0.517 e. The number of nitrogens with zero attached hydrogens (tertiary/aromatic N) is 1. The molecule has 1 aromatic carbocycles. The van der Waals surface area contributed by atoms with E-state index in [1.54, 1.807) is 24.3 Å². The second kappa shape index (κ2) is 5.55. The van der Waals surface area contributed by atoms with E-state index in [4.69, 9.17) is 0 Å². The number of benzene rings is 1. The topological polar surface area (TPSA) is 87.9 Å². The summed E-state index contributed by atoms with van der Waals surface area (Å²) in [6.45, 7) is -0.00630. The number of carbonyl (C=O) groups is 1. The van der Waals surface area contributed by atoms with Crippen molar-refractivity contribution in [2.75, 3.05) is 0 Å². The average molecular weight is 213 g/mol. The van der Waals surface area contributed by atoms with Gasteiger partial charge >= 0.3 is 11.2 Å². The van der Waals surface area contributed by atoms with Crippen molar-refractivity contribution in [3.05, 3.63) is 46.0 Å². The highest BCUT2D eigenvalue weighted by Crippen LogP contribution is 2.01. The quantitative estimate of drug-likeness (QED) is 0.427. The van der Waals surface area contributed by atoms with Gasteiger partial charge in [-0.05, 0) is 5.56 Å². The molecule has 0 radical (unpaired) electrons. The van der Waals surface area contributed by atoms with Gasteiger partial charge in [-0.25, -0.2) is 4.79 Å². The predicted octanol–water partition coefficient (Wildman–Crippen LogP) is 1.46. The molecule has 7 heteroatoms. The summed E-state index contributed by atoms with van der Waals surface area (Å²) in [5.74, 6) is 0. The summed E-state index contributed by atoms with van der Waals surface area (Å²) in [5.41, 5.74) is 0.756. The van der Waals surface area contributed by atoms with Crippen LogP contribution in [-0.4, -0.2) is 11.2 Å². The molecule has 0 heterocycles. The Morgan fingerprint density at radius 3 is 2.60 bits per heavy atom. The predicted molar refractivity (Wildman–Crippen MR) is 45.8 cm³/mol. The Balaban J connectivity index is 2.22. The number of rotatable bonds is 4. The number of hydrogen-bond donors (Lipinski definition) is 0. The van der Waals surface area contributed by atoms with Gasteiger partial charge in [0, 0.05) is 0 Å². The van der Waals surface area contributed by atoms with Crippen LogP contribution >= 0.6 is 0 Å². The maximum Gasteiger partial charge on any atom is 0.517 e. The zero-order chi connectivity index (χ0) is 11.1. The maximum atomic E-state index is 10.4. The van der Waals surface area contributed by atoms with E-state index in [0.717, 1.165) is 5.56 Å². The number of hydrogen-bond acceptors (Lipinski definition) is 6. The molecule has 1 rings (SSSR count). The van der Waals surface area contributed by atoms with Crippen molar-refractivity contribution >= 4 is 6.16 Å². The third kappa shape index (κ3) is 4.58. The molecule has 0 fully saturated rings. The van der Waals surface area contributed by atoms with Crippen LogP contribution in [0.5, 0.6) is 0 Å². The zero-order valence-corrected chi connectivity index (χ0v) is 7.49. The van der Waals surface area contributed by atoms with Crippen LogP contribution < -0.4 is 0 Å². The Hall–Kier alpha value is -2.15. The zero-order valence-electron chi connectivity index (χ0n) is 7.49. The van der Waals surface area contributed by atoms with Gasteiger partial charge in [0.15, 0.2) is 0 Å². The molecule has 15 heavy (non-hydrogen) atoms. The fourth-order valence-corrected chi connectivity index (χ4v) is 0.796. The van der Waals surface area contributed by atoms with Gasteiger partial charge in [-0.3, -0.25) is 4.89 Å². The minimum atomic E-state index is -1.52. The van der Waals surface area contributed by atoms with Gasteiger partial charge in [0.2, 0.25) is 0 Å². The molecule has 0 atom stereocenters. The average Bonchev–Trinajstić information content (AvgIpc) is 2.18. The first-order valence-corrected chi connectivity index (χ1v) is 3.88. The second-order valence-electron chi connectivity index (χ2n) is 2.40. The Labute approximate surface area is 84.2 Å². The molecule has 0 spiro atoms. The van der Waals surface area contributed by atoms with Crippen LogP contribution in [0.2, 0.25) is 0 Å². The van der Waals surface area contributed by atoms with E-state index in [0.29, 0.717) is 0 Å². The van der Waals surface area contributed by atoms with Gasteiger partial charge in [0.05, 0.1) is 0 Å². The van der Waals surface area contributed by atoms with Crippen LogP contribution in [0.3, 0.4) is 0 Å². The SMILES string of the molecule is O=C(OOCc1ccccc1)O[N+](=O)[O-]. The second-order valence-corrected chi connectivity index (χ2v) is 2.40. The lowest BCUT2D eigenvalue weighted by atomic mass is 10.2. The van der Waals surface area contributed by atoms with Crippen LogP contribution in [0.4, 0.5) is 4.79 Å². The molecular weight excluding hydrogens is 206 g/mol. The Bertz CT molecular complexity index is 338. The highest BCUT2D eigenvalue weighted by atomic mass is 17.2. The van der Waals surface area contributed by atoms with Crippen molar-refractivity contribution in [1.82, 2.24) is 0 Å². The third-order valence-electron chi connectivity index (χ3n) is 1.34. The van der Waals surface area contributed by atoms with Crippen molar-refractivity contribution < 1.29 is 24.5 Å². The van der Waals surface area contributed by atoms with E-state index in [-0.39, 0.29) is 6.61 Å². The smallest absolute Gasteiger partial charge is 0.271 e. The van der Waals surface area contributed by atoms with E-state index >= 15 is 0 Å². The Kier molecular flexibility index (Phi) is 4.05. The van der Waals surface area contributed by atoms with Gasteiger partial charge in [-0.1, -0.05) is 30.3 Å². The fraction of sp³-hybridized carbons (Fsp3) is 0.125. The van der Waals surface area contributed by atoms with Crippen molar-refractivity contribution in [1.29, 1.82) is 0 Å². The molecule has 0 aromatic heterocycles. The molecular formula is C8H7NO6. The molecule has 0 saturated carbocycles. The lowest BCUT2D eigenvalue weighted by Crippen LogP contribution is -2.12. The first-order valence-electron chi connectivity index (χ1n) is 3.88. The van der Waals surface area contributed by atoms with Gasteiger partial charge in [0.25, 0.3) is 0 Å². The Morgan fingerprint density at radius 2 is 2.00 bits per heavy atom. The summed E-state index contributed by atoms with van der Waals surface area (Å²) in [5, 5.41) is 8.39. The molecule has 0 bridgehead atoms. The fourth-order valence-electron chi connectivity index (χ4n) is 0.796. The molecule has 0 aliphatic rings. The van der Waals surface area contributed by atoms with Gasteiger partial charge < -0.3 is 0 Å². The van der Waals surface area contributed by atoms with Crippen LogP contribution in [0.1, 0.15) is 5.56 Å². The summed E-state index contributed by atoms with van der Waals surface area (Å²) in [6, 6.07) is 8.83. The van der Waals surface area contributed by atoms with E-state index in [9.17, 15) is 14.9 Å². The summed E-state index contributed by atoms with van der Waals surface area (Å²) < 4.78 is 0. The Morgan fingerprint density at radius 1 is 1.33 bits per heavy atom. The summed E-state index contributed by atoms with van der Waals surface area (Å²) >= 11 is 0. The lowest BCUT2D eigenvalue weighted by Gasteiger charge is -2.01. The number of carbonyl (C=O) groups excluding carboxylic acids is 1. The van der Waals surface area contributed by atoms with Gasteiger partial charge in [0.1, 0.15) is 6.61 Å². The van der Waals surface area contributed by atoms with E-state index in [1.165, 1.54) is 0 Å². The van der Waals surface area contributed by atoms with Gasteiger partial charge in [-0.2, -0.15) is 9.73 Å². The third-order valence-corrected chi connectivity index (χ3v) is 1.34. The van der Waals surface area contributed by atoms with Gasteiger partial charge in [-0.15, -0.1) is 10.1 Å².